The Morgan fingerprint density at radius 2 is 0.504 bits per heavy atom. The largest absolute Gasteiger partial charge is 0.309 e. The van der Waals surface area contributed by atoms with Gasteiger partial charge in [0.15, 0.2) is 0 Å². The first kappa shape index (κ1) is 70.9. The number of hydrogen-bond donors (Lipinski definition) is 0. The SMILES string of the molecule is Brc1ccc(-c2ccccc2)cc1.c1ccc(-c2ccc(Cc3cccc4c3-c3ccccc3C4(c3ccccc3)c3ccccc3)c(-c3ccccc3)c2)cc1.c1ccc(-c2ccc(N(c3ccc(-c4ccccc4)cc3-c3ccccc3)c3cccc4c3-c3ccccc3C4(c3ccccc3)c3ccccc3)cc2)cc1. The first-order valence-electron chi connectivity index (χ1n) is 38.9. The van der Waals surface area contributed by atoms with Crippen molar-refractivity contribution in [2.45, 2.75) is 17.3 Å². The number of hydrogen-bond acceptors (Lipinski definition) is 1. The fourth-order valence-electron chi connectivity index (χ4n) is 17.5. The van der Waals surface area contributed by atoms with Crippen LogP contribution in [0.1, 0.15) is 55.6 Å². The van der Waals surface area contributed by atoms with Crippen LogP contribution in [0.15, 0.2) is 478 Å². The highest BCUT2D eigenvalue weighted by Gasteiger charge is 2.49. The van der Waals surface area contributed by atoms with Gasteiger partial charge in [-0.3, -0.25) is 0 Å². The van der Waals surface area contributed by atoms with Crippen molar-refractivity contribution >= 4 is 33.0 Å². The minimum absolute atomic E-state index is 0.385. The van der Waals surface area contributed by atoms with E-state index in [1.54, 1.807) is 0 Å². The van der Waals surface area contributed by atoms with Crippen LogP contribution < -0.4 is 4.90 Å². The molecule has 0 heterocycles. The summed E-state index contributed by atoms with van der Waals surface area (Å²) in [5.41, 5.74) is 35.3. The van der Waals surface area contributed by atoms with Crippen LogP contribution in [-0.4, -0.2) is 0 Å². The van der Waals surface area contributed by atoms with E-state index in [2.05, 4.69) is 488 Å². The summed E-state index contributed by atoms with van der Waals surface area (Å²) >= 11 is 3.42. The number of nitrogens with zero attached hydrogens (tertiary/aromatic N) is 1. The Bertz CT molecular complexity index is 6180. The highest BCUT2D eigenvalue weighted by Crippen LogP contribution is 2.61. The molecule has 0 saturated carbocycles. The number of halogens is 1. The van der Waals surface area contributed by atoms with Gasteiger partial charge in [0, 0.05) is 21.3 Å². The third-order valence-electron chi connectivity index (χ3n) is 22.6. The Balaban J connectivity index is 0.000000138. The van der Waals surface area contributed by atoms with E-state index in [0.717, 1.165) is 28.0 Å². The van der Waals surface area contributed by atoms with Crippen LogP contribution in [0.3, 0.4) is 0 Å². The molecule has 0 amide bonds. The summed E-state index contributed by atoms with van der Waals surface area (Å²) in [5.74, 6) is 0. The number of fused-ring (bicyclic) bond motifs is 6. The van der Waals surface area contributed by atoms with Gasteiger partial charge in [0.05, 0.1) is 22.2 Å². The molecule has 18 aromatic carbocycles. The first-order valence-corrected chi connectivity index (χ1v) is 39.7. The van der Waals surface area contributed by atoms with Crippen LogP contribution in [0.5, 0.6) is 0 Å². The summed E-state index contributed by atoms with van der Waals surface area (Å²) in [4.78, 5) is 2.49. The minimum Gasteiger partial charge on any atom is -0.309 e. The zero-order valence-electron chi connectivity index (χ0n) is 62.6. The van der Waals surface area contributed by atoms with E-state index in [1.165, 1.54) is 145 Å². The van der Waals surface area contributed by atoms with Crippen molar-refractivity contribution < 1.29 is 0 Å². The Kier molecular flexibility index (Phi) is 20.1. The molecule has 0 fully saturated rings. The molecule has 0 aromatic heterocycles. The molecule has 2 aliphatic rings. The maximum Gasteiger partial charge on any atom is 0.0714 e. The summed E-state index contributed by atoms with van der Waals surface area (Å²) in [6, 6.07) is 172. The molecular weight excluding hydrogens is 1430 g/mol. The van der Waals surface area contributed by atoms with Crippen molar-refractivity contribution in [3.63, 3.8) is 0 Å². The van der Waals surface area contributed by atoms with Crippen molar-refractivity contribution in [3.05, 3.63) is 533 Å². The van der Waals surface area contributed by atoms with Crippen LogP contribution >= 0.6 is 15.9 Å². The average molecular weight is 1510 g/mol. The number of anilines is 3. The smallest absolute Gasteiger partial charge is 0.0714 e. The van der Waals surface area contributed by atoms with Crippen molar-refractivity contribution in [1.82, 2.24) is 0 Å². The van der Waals surface area contributed by atoms with Gasteiger partial charge in [0.1, 0.15) is 0 Å². The molecule has 0 aliphatic heterocycles. The standard InChI is InChI=1S/C55H39N.C44H32.C12H9Br/c1-6-19-40(20-7-1)42-33-36-47(37-34-42)56(52-38-35-44(41-21-8-2-9-22-41)39-49(52)43-23-10-3-11-24-43)53-32-18-31-51-54(53)48-29-16-17-30-50(48)55(51,45-25-12-4-13-26-45)46-27-14-5-15-28-46;1-5-16-32(17-6-1)34-28-29-35(40(31-34)33-18-7-2-8-19-33)30-36-20-15-27-42-43(36)39-25-13-14-26-41(39)44(42,37-21-9-3-10-22-37)38-23-11-4-12-24-38;13-12-8-6-11(7-9-12)10-4-2-1-3-5-10/h1-39H;1-29,31H,30H2;1-9H. The van der Waals surface area contributed by atoms with Crippen LogP contribution in [0.2, 0.25) is 0 Å². The van der Waals surface area contributed by atoms with Crippen LogP contribution in [-0.2, 0) is 17.3 Å². The highest BCUT2D eigenvalue weighted by atomic mass is 79.9. The van der Waals surface area contributed by atoms with Gasteiger partial charge in [-0.05, 0) is 188 Å². The van der Waals surface area contributed by atoms with Gasteiger partial charge in [-0.25, -0.2) is 0 Å². The third kappa shape index (κ3) is 13.6. The lowest BCUT2D eigenvalue weighted by Crippen LogP contribution is -2.28. The molecule has 2 heteroatoms. The molecule has 0 atom stereocenters. The van der Waals surface area contributed by atoms with E-state index in [4.69, 9.17) is 0 Å². The summed E-state index contributed by atoms with van der Waals surface area (Å²) in [7, 11) is 0. The highest BCUT2D eigenvalue weighted by molar-refractivity contribution is 9.10. The number of benzene rings is 18. The van der Waals surface area contributed by atoms with Crippen molar-refractivity contribution in [2.24, 2.45) is 0 Å². The lowest BCUT2D eigenvalue weighted by Gasteiger charge is -2.34. The lowest BCUT2D eigenvalue weighted by molar-refractivity contribution is 0.768. The fourth-order valence-corrected chi connectivity index (χ4v) is 17.8. The van der Waals surface area contributed by atoms with Gasteiger partial charge >= 0.3 is 0 Å². The first-order chi connectivity index (χ1) is 56.0. The normalized spacial score (nSPS) is 12.3. The van der Waals surface area contributed by atoms with Crippen LogP contribution in [0, 0.1) is 0 Å². The molecule has 20 rings (SSSR count). The molecule has 0 spiro atoms. The summed E-state index contributed by atoms with van der Waals surface area (Å²) in [6.45, 7) is 0. The van der Waals surface area contributed by atoms with Gasteiger partial charge in [0.25, 0.3) is 0 Å². The molecule has 0 unspecified atom stereocenters. The van der Waals surface area contributed by atoms with Crippen LogP contribution in [0.4, 0.5) is 17.1 Å². The predicted molar refractivity (Wildman–Crippen MR) is 478 cm³/mol. The van der Waals surface area contributed by atoms with E-state index in [-0.39, 0.29) is 5.41 Å². The monoisotopic (exact) mass is 1510 g/mol. The lowest BCUT2D eigenvalue weighted by atomic mass is 9.67. The maximum atomic E-state index is 3.42. The van der Waals surface area contributed by atoms with E-state index in [0.29, 0.717) is 0 Å². The summed E-state index contributed by atoms with van der Waals surface area (Å²) in [5, 5.41) is 0. The van der Waals surface area contributed by atoms with E-state index in [9.17, 15) is 0 Å². The van der Waals surface area contributed by atoms with Crippen molar-refractivity contribution in [2.75, 3.05) is 4.90 Å². The second kappa shape index (κ2) is 32.1. The molecule has 1 nitrogen and oxygen atoms in total. The molecule has 113 heavy (non-hydrogen) atoms. The van der Waals surface area contributed by atoms with Gasteiger partial charge in [0.2, 0.25) is 0 Å². The Hall–Kier alpha value is -13.8. The Morgan fingerprint density at radius 1 is 0.195 bits per heavy atom. The number of rotatable bonds is 15. The third-order valence-corrected chi connectivity index (χ3v) is 23.1. The molecule has 2 aliphatic carbocycles. The predicted octanol–water partition coefficient (Wildman–Crippen LogP) is 29.6. The van der Waals surface area contributed by atoms with E-state index in [1.807, 2.05) is 6.07 Å². The van der Waals surface area contributed by atoms with E-state index >= 15 is 0 Å². The second-order valence-corrected chi connectivity index (χ2v) is 29.9. The molecule has 0 N–H and O–H groups in total. The molecule has 18 aromatic rings. The van der Waals surface area contributed by atoms with Gasteiger partial charge < -0.3 is 4.90 Å². The van der Waals surface area contributed by atoms with Crippen LogP contribution in [0.25, 0.3) is 89.0 Å². The molecule has 0 saturated heterocycles. The van der Waals surface area contributed by atoms with Crippen molar-refractivity contribution in [1.29, 1.82) is 0 Å². The summed E-state index contributed by atoms with van der Waals surface area (Å²) in [6.07, 6.45) is 0.844. The Morgan fingerprint density at radius 3 is 0.947 bits per heavy atom. The molecule has 0 bridgehead atoms. The van der Waals surface area contributed by atoms with Gasteiger partial charge in [-0.15, -0.1) is 0 Å². The second-order valence-electron chi connectivity index (χ2n) is 29.0. The average Bonchev–Trinajstić information content (AvgIpc) is 1.54. The zero-order valence-corrected chi connectivity index (χ0v) is 64.2. The topological polar surface area (TPSA) is 3.24 Å². The Labute approximate surface area is 672 Å². The molecule has 536 valence electrons. The zero-order chi connectivity index (χ0) is 75.8. The van der Waals surface area contributed by atoms with Gasteiger partial charge in [-0.2, -0.15) is 0 Å². The molecule has 0 radical (unpaired) electrons. The minimum atomic E-state index is -0.507. The van der Waals surface area contributed by atoms with Gasteiger partial charge in [-0.1, -0.05) is 441 Å². The van der Waals surface area contributed by atoms with E-state index < -0.39 is 5.41 Å². The quantitative estimate of drug-likeness (QED) is 0.0989. The summed E-state index contributed by atoms with van der Waals surface area (Å²) < 4.78 is 1.12. The molecular formula is C111H80BrN. The fraction of sp³-hybridized carbons (Fsp3) is 0.0270. The maximum absolute atomic E-state index is 3.42. The van der Waals surface area contributed by atoms with Crippen molar-refractivity contribution in [3.8, 4) is 89.0 Å².